The van der Waals surface area contributed by atoms with E-state index < -0.39 is 0 Å². The topological polar surface area (TPSA) is 84.9 Å². The van der Waals surface area contributed by atoms with Gasteiger partial charge in [-0.25, -0.2) is 4.98 Å². The highest BCUT2D eigenvalue weighted by Crippen LogP contribution is 2.24. The monoisotopic (exact) mass is 227 g/mol. The molecule has 0 bridgehead atoms. The van der Waals surface area contributed by atoms with Gasteiger partial charge in [-0.05, 0) is 12.1 Å². The zero-order valence-electron chi connectivity index (χ0n) is 8.81. The van der Waals surface area contributed by atoms with E-state index in [1.165, 1.54) is 6.07 Å². The summed E-state index contributed by atoms with van der Waals surface area (Å²) in [5.41, 5.74) is 5.96. The summed E-state index contributed by atoms with van der Waals surface area (Å²) in [4.78, 5) is 17.9. The van der Waals surface area contributed by atoms with Gasteiger partial charge >= 0.3 is 0 Å². The molecule has 3 N–H and O–H groups in total. The maximum absolute atomic E-state index is 11.3. The van der Waals surface area contributed by atoms with Crippen LogP contribution in [-0.2, 0) is 0 Å². The molecule has 5 nitrogen and oxygen atoms in total. The number of hydrogen-bond donors (Lipinski definition) is 2. The van der Waals surface area contributed by atoms with E-state index in [1.54, 1.807) is 0 Å². The minimum Gasteiger partial charge on any atom is -0.453 e. The number of furan rings is 1. The second kappa shape index (κ2) is 3.48. The zero-order chi connectivity index (χ0) is 11.8. The molecule has 0 saturated heterocycles. The van der Waals surface area contributed by atoms with E-state index in [0.717, 1.165) is 11.0 Å². The summed E-state index contributed by atoms with van der Waals surface area (Å²) in [6.07, 6.45) is 0. The number of para-hydroxylation sites is 1. The number of nitrogens with two attached hydrogens (primary N) is 1. The third kappa shape index (κ3) is 1.67. The van der Waals surface area contributed by atoms with Crippen LogP contribution in [0.15, 0.2) is 45.6 Å². The normalized spacial score (nSPS) is 10.8. The first kappa shape index (κ1) is 9.65. The lowest BCUT2D eigenvalue weighted by Gasteiger charge is -1.96. The number of nitrogens with one attached hydrogen (secondary N) is 1. The van der Waals surface area contributed by atoms with Gasteiger partial charge in [0.15, 0.2) is 11.6 Å². The van der Waals surface area contributed by atoms with E-state index in [4.69, 9.17) is 10.2 Å². The van der Waals surface area contributed by atoms with Gasteiger partial charge in [-0.3, -0.25) is 4.79 Å². The number of H-pyrrole nitrogens is 1. The molecule has 0 unspecified atom stereocenters. The molecule has 2 aromatic heterocycles. The second-order valence-electron chi connectivity index (χ2n) is 3.67. The van der Waals surface area contributed by atoms with Crippen molar-refractivity contribution in [2.75, 3.05) is 5.73 Å². The van der Waals surface area contributed by atoms with Crippen molar-refractivity contribution >= 4 is 16.8 Å². The lowest BCUT2D eigenvalue weighted by atomic mass is 10.2. The fraction of sp³-hybridized carbons (Fsp3) is 0. The predicted molar refractivity (Wildman–Crippen MR) is 64.5 cm³/mol. The maximum Gasteiger partial charge on any atom is 0.253 e. The van der Waals surface area contributed by atoms with E-state index >= 15 is 0 Å². The molecule has 0 aliphatic rings. The van der Waals surface area contributed by atoms with Crippen LogP contribution in [0, 0.1) is 0 Å². The first-order chi connectivity index (χ1) is 8.22. The predicted octanol–water partition coefficient (Wildman–Crippen LogP) is 1.77. The van der Waals surface area contributed by atoms with Crippen molar-refractivity contribution < 1.29 is 4.42 Å². The lowest BCUT2D eigenvalue weighted by Crippen LogP contribution is -2.09. The largest absolute Gasteiger partial charge is 0.453 e. The van der Waals surface area contributed by atoms with Crippen molar-refractivity contribution in [2.45, 2.75) is 0 Å². The molecule has 84 valence electrons. The molecule has 0 spiro atoms. The Morgan fingerprint density at radius 1 is 1.24 bits per heavy atom. The zero-order valence-corrected chi connectivity index (χ0v) is 8.81. The van der Waals surface area contributed by atoms with Crippen molar-refractivity contribution in [1.29, 1.82) is 0 Å². The summed E-state index contributed by atoms with van der Waals surface area (Å²) in [5.74, 6) is 1.01. The van der Waals surface area contributed by atoms with E-state index in [2.05, 4.69) is 9.97 Å². The fourth-order valence-electron chi connectivity index (χ4n) is 1.69. The van der Waals surface area contributed by atoms with Crippen LogP contribution in [-0.4, -0.2) is 9.97 Å². The summed E-state index contributed by atoms with van der Waals surface area (Å²) < 4.78 is 5.58. The number of hydrogen-bond acceptors (Lipinski definition) is 4. The van der Waals surface area contributed by atoms with Crippen LogP contribution in [0.3, 0.4) is 0 Å². The number of aromatic amines is 1. The van der Waals surface area contributed by atoms with Crippen LogP contribution in [0.1, 0.15) is 0 Å². The fourth-order valence-corrected chi connectivity index (χ4v) is 1.69. The molecule has 2 heterocycles. The highest BCUT2D eigenvalue weighted by atomic mass is 16.3. The van der Waals surface area contributed by atoms with Crippen LogP contribution in [0.5, 0.6) is 0 Å². The average Bonchev–Trinajstić information content (AvgIpc) is 2.71. The smallest absolute Gasteiger partial charge is 0.253 e. The summed E-state index contributed by atoms with van der Waals surface area (Å²) in [7, 11) is 0. The number of aromatic nitrogens is 2. The molecule has 0 aliphatic carbocycles. The Hall–Kier alpha value is -2.56. The molecule has 0 amide bonds. The number of anilines is 1. The first-order valence-electron chi connectivity index (χ1n) is 5.08. The third-order valence-corrected chi connectivity index (χ3v) is 2.42. The van der Waals surface area contributed by atoms with Crippen LogP contribution >= 0.6 is 0 Å². The van der Waals surface area contributed by atoms with Crippen LogP contribution in [0.25, 0.3) is 22.6 Å². The SMILES string of the molecule is Nc1cc(=O)[nH]c(-c2cc3ccccc3o2)n1. The molecule has 0 fully saturated rings. The van der Waals surface area contributed by atoms with Gasteiger partial charge in [-0.2, -0.15) is 0 Å². The van der Waals surface area contributed by atoms with Crippen molar-refractivity contribution in [3.05, 3.63) is 46.8 Å². The highest BCUT2D eigenvalue weighted by Gasteiger charge is 2.08. The Kier molecular flexibility index (Phi) is 1.98. The van der Waals surface area contributed by atoms with E-state index in [-0.39, 0.29) is 11.4 Å². The number of benzene rings is 1. The number of fused-ring (bicyclic) bond motifs is 1. The highest BCUT2D eigenvalue weighted by molar-refractivity contribution is 5.81. The van der Waals surface area contributed by atoms with Crippen LogP contribution in [0.4, 0.5) is 5.82 Å². The minimum absolute atomic E-state index is 0.171. The Balaban J connectivity index is 2.23. The average molecular weight is 227 g/mol. The van der Waals surface area contributed by atoms with Gasteiger partial charge < -0.3 is 15.1 Å². The van der Waals surface area contributed by atoms with Gasteiger partial charge in [0, 0.05) is 11.5 Å². The van der Waals surface area contributed by atoms with Gasteiger partial charge in [0.05, 0.1) is 0 Å². The van der Waals surface area contributed by atoms with Crippen LogP contribution < -0.4 is 11.3 Å². The number of nitrogens with zero attached hydrogens (tertiary/aromatic N) is 1. The third-order valence-electron chi connectivity index (χ3n) is 2.42. The minimum atomic E-state index is -0.298. The van der Waals surface area contributed by atoms with Gasteiger partial charge in [0.1, 0.15) is 11.4 Å². The van der Waals surface area contributed by atoms with Crippen molar-refractivity contribution in [3.63, 3.8) is 0 Å². The van der Waals surface area contributed by atoms with Gasteiger partial charge in [-0.15, -0.1) is 0 Å². The summed E-state index contributed by atoms with van der Waals surface area (Å²) >= 11 is 0. The molecular formula is C12H9N3O2. The van der Waals surface area contributed by atoms with Gasteiger partial charge in [-0.1, -0.05) is 18.2 Å². The lowest BCUT2D eigenvalue weighted by molar-refractivity contribution is 0.625. The Morgan fingerprint density at radius 2 is 2.06 bits per heavy atom. The Bertz CT molecular complexity index is 710. The Labute approximate surface area is 95.9 Å². The first-order valence-corrected chi connectivity index (χ1v) is 5.08. The molecule has 3 aromatic rings. The molecule has 1 aromatic carbocycles. The van der Waals surface area contributed by atoms with E-state index in [9.17, 15) is 4.79 Å². The van der Waals surface area contributed by atoms with E-state index in [1.807, 2.05) is 30.3 Å². The molecule has 0 radical (unpaired) electrons. The standard InChI is InChI=1S/C12H9N3O2/c13-10-6-11(16)15-12(14-10)9-5-7-3-1-2-4-8(7)17-9/h1-6H,(H3,13,14,15,16). The summed E-state index contributed by atoms with van der Waals surface area (Å²) in [6, 6.07) is 10.6. The molecule has 5 heteroatoms. The quantitative estimate of drug-likeness (QED) is 0.663. The van der Waals surface area contributed by atoms with Gasteiger partial charge in [0.2, 0.25) is 0 Å². The second-order valence-corrected chi connectivity index (χ2v) is 3.67. The molecule has 0 aliphatic heterocycles. The Morgan fingerprint density at radius 3 is 2.82 bits per heavy atom. The van der Waals surface area contributed by atoms with Gasteiger partial charge in [0.25, 0.3) is 5.56 Å². The molecular weight excluding hydrogens is 218 g/mol. The summed E-state index contributed by atoms with van der Waals surface area (Å²) in [5, 5.41) is 0.951. The molecule has 0 atom stereocenters. The van der Waals surface area contributed by atoms with Crippen molar-refractivity contribution in [1.82, 2.24) is 9.97 Å². The van der Waals surface area contributed by atoms with E-state index in [0.29, 0.717) is 11.6 Å². The number of rotatable bonds is 1. The molecule has 17 heavy (non-hydrogen) atoms. The van der Waals surface area contributed by atoms with Crippen LogP contribution in [0.2, 0.25) is 0 Å². The molecule has 0 saturated carbocycles. The van der Waals surface area contributed by atoms with Crippen molar-refractivity contribution in [2.24, 2.45) is 0 Å². The summed E-state index contributed by atoms with van der Waals surface area (Å²) in [6.45, 7) is 0. The maximum atomic E-state index is 11.3. The number of nitrogen functional groups attached to an aromatic ring is 1. The molecule has 3 rings (SSSR count). The van der Waals surface area contributed by atoms with Crippen molar-refractivity contribution in [3.8, 4) is 11.6 Å².